The molecule has 24 heteroatoms. The summed E-state index contributed by atoms with van der Waals surface area (Å²) in [6.45, 7) is 1.31. The number of rotatable bonds is 12. The maximum Gasteiger partial charge on any atom is 0.374 e. The van der Waals surface area contributed by atoms with Gasteiger partial charge in [0.2, 0.25) is 0 Å². The molecule has 2 aliphatic heterocycles. The molecule has 8 nitrogen and oxygen atoms in total. The van der Waals surface area contributed by atoms with Gasteiger partial charge in [-0.1, -0.05) is 146 Å². The summed E-state index contributed by atoms with van der Waals surface area (Å²) < 4.78 is 143. The molecule has 14 rings (SSSR count). The Morgan fingerprint density at radius 1 is 0.287 bits per heavy atom. The number of carbonyl (C=O) groups is 4. The molecule has 0 saturated carbocycles. The summed E-state index contributed by atoms with van der Waals surface area (Å²) in [5.41, 5.74) is 2.94. The molecule has 10 aromatic carbocycles. The molecule has 0 spiro atoms. The number of carboxylic acid groups (broad SMARTS) is 4. The summed E-state index contributed by atoms with van der Waals surface area (Å²) in [4.78, 5) is 49.5. The average Bonchev–Trinajstić information content (AvgIpc) is 1.61. The Hall–Kier alpha value is -10.4. The van der Waals surface area contributed by atoms with E-state index in [4.69, 9.17) is 20.4 Å². The molecule has 10 aromatic rings. The first-order valence-electron chi connectivity index (χ1n) is 32.7. The molecule has 2 heterocycles. The van der Waals surface area contributed by atoms with Gasteiger partial charge in [0, 0.05) is 38.8 Å². The highest BCUT2D eigenvalue weighted by Crippen LogP contribution is 2.49. The third kappa shape index (κ3) is 24.8. The summed E-state index contributed by atoms with van der Waals surface area (Å²) in [5.74, 6) is -22.8. The van der Waals surface area contributed by atoms with Crippen molar-refractivity contribution < 1.29 is 92.3 Å². The van der Waals surface area contributed by atoms with Gasteiger partial charge < -0.3 is 20.4 Å². The van der Waals surface area contributed by atoms with Gasteiger partial charge in [-0.05, 0) is 170 Å². The standard InChI is InChI=1S/C18H12F3S.C18H14FS.2C18H15S.4C3H4F2O2/c19-13-1-7-16(8-2-13)22(17-9-3-14(20)4-10-17)18-11-5-15(21)6-12-18;19-13-9-11-14(12-10-13)20-17-7-3-1-5-15(17)16-6-2-4-8-18(16)20;1-2-8-14(9-3-1)19-17-12-6-4-10-15(17)16-11-5-7-13-18(16)19;1-4-10-16(11-5-1)19(17-12-6-2-7-13-17)18-14-8-3-9-15-18;4*1-3(4,5)2(6)7/h1-12H;1-12,15,17H;1-13,15,17H;1-15H;4*1H3,(H,6,7)/q4*+1;;;;. The highest BCUT2D eigenvalue weighted by atomic mass is 32.2. The van der Waals surface area contributed by atoms with Crippen molar-refractivity contribution in [1.29, 1.82) is 0 Å². The molecule has 0 radical (unpaired) electrons. The number of alkyl halides is 8. The SMILES string of the molecule is C1=CC2c3ccccc3[S+](c3ccccc3)C2C=C1.CC(F)(F)C(=O)O.CC(F)(F)C(=O)O.CC(F)(F)C(=O)O.CC(F)(F)C(=O)O.Fc1ccc([S+](c2ccc(F)cc2)c2ccc(F)cc2)cc1.Fc1ccc([S+]2c3ccccc3C3C=CC=CC32)cc1.c1ccc([S+](c2ccccc2)c2ccccc2)cc1. The number of hydrogen-bond acceptors (Lipinski definition) is 4. The smallest absolute Gasteiger partial charge is 0.374 e. The molecule has 0 aromatic heterocycles. The molecule has 560 valence electrons. The van der Waals surface area contributed by atoms with E-state index in [0.29, 0.717) is 50.0 Å². The average molecular weight is 1570 g/mol. The molecule has 0 saturated heterocycles. The number of fused-ring (bicyclic) bond motifs is 6. The van der Waals surface area contributed by atoms with Crippen LogP contribution < -0.4 is 0 Å². The van der Waals surface area contributed by atoms with Crippen LogP contribution >= 0.6 is 0 Å². The van der Waals surface area contributed by atoms with Crippen LogP contribution in [0.1, 0.15) is 50.7 Å². The first-order valence-corrected chi connectivity index (χ1v) is 37.7. The summed E-state index contributed by atoms with van der Waals surface area (Å²) in [7, 11) is -0.369. The van der Waals surface area contributed by atoms with Crippen molar-refractivity contribution in [1.82, 2.24) is 0 Å². The van der Waals surface area contributed by atoms with Crippen LogP contribution in [0.25, 0.3) is 0 Å². The zero-order valence-electron chi connectivity index (χ0n) is 57.9. The second kappa shape index (κ2) is 39.4. The minimum atomic E-state index is -3.58. The van der Waals surface area contributed by atoms with Gasteiger partial charge in [0.05, 0.1) is 55.4 Å². The Morgan fingerprint density at radius 3 is 0.750 bits per heavy atom. The monoisotopic (exact) mass is 1560 g/mol. The van der Waals surface area contributed by atoms with Gasteiger partial charge in [-0.25, -0.2) is 36.7 Å². The molecule has 4 N–H and O–H groups in total. The number of hydrogen-bond donors (Lipinski definition) is 4. The van der Waals surface area contributed by atoms with Crippen molar-refractivity contribution in [3.05, 3.63) is 350 Å². The maximum absolute atomic E-state index is 13.2. The molecule has 0 fully saturated rings. The van der Waals surface area contributed by atoms with Gasteiger partial charge in [-0.15, -0.1) is 0 Å². The molecule has 0 amide bonds. The lowest BCUT2D eigenvalue weighted by Gasteiger charge is -2.14. The van der Waals surface area contributed by atoms with E-state index in [1.807, 2.05) is 12.1 Å². The summed E-state index contributed by atoms with van der Waals surface area (Å²) in [6, 6.07) is 86.3. The number of carboxylic acids is 4. The van der Waals surface area contributed by atoms with Gasteiger partial charge in [-0.3, -0.25) is 0 Å². The van der Waals surface area contributed by atoms with E-state index in [1.165, 1.54) is 81.8 Å². The quantitative estimate of drug-likeness (QED) is 0.0698. The number of allylic oxidation sites excluding steroid dienone is 6. The molecule has 108 heavy (non-hydrogen) atoms. The van der Waals surface area contributed by atoms with Crippen LogP contribution in [0.5, 0.6) is 0 Å². The minimum absolute atomic E-state index is 0.00488. The summed E-state index contributed by atoms with van der Waals surface area (Å²) in [5, 5.41) is 31.1. The third-order valence-corrected chi connectivity index (χ3v) is 25.1. The highest BCUT2D eigenvalue weighted by molar-refractivity contribution is 7.98. The van der Waals surface area contributed by atoms with Crippen molar-refractivity contribution in [2.45, 2.75) is 123 Å². The van der Waals surface area contributed by atoms with Crippen LogP contribution in [0.4, 0.5) is 52.7 Å². The van der Waals surface area contributed by atoms with Crippen LogP contribution in [0.15, 0.2) is 364 Å². The van der Waals surface area contributed by atoms with E-state index in [2.05, 4.69) is 218 Å². The molecule has 0 bridgehead atoms. The van der Waals surface area contributed by atoms with E-state index >= 15 is 0 Å². The molecule has 4 aliphatic rings. The van der Waals surface area contributed by atoms with Gasteiger partial charge in [-0.2, -0.15) is 35.1 Å². The van der Waals surface area contributed by atoms with Gasteiger partial charge in [0.1, 0.15) is 23.3 Å². The van der Waals surface area contributed by atoms with Crippen molar-refractivity contribution in [3.8, 4) is 0 Å². The largest absolute Gasteiger partial charge is 0.477 e. The van der Waals surface area contributed by atoms with E-state index < -0.39 is 58.5 Å². The summed E-state index contributed by atoms with van der Waals surface area (Å²) >= 11 is 0. The molecular formula is C84H72F12O8S4+4. The third-order valence-electron chi connectivity index (χ3n) is 15.4. The number of aliphatic carboxylic acids is 4. The lowest BCUT2D eigenvalue weighted by Crippen LogP contribution is -2.22. The lowest BCUT2D eigenvalue weighted by atomic mass is 9.93. The second-order valence-corrected chi connectivity index (χ2v) is 32.0. The number of halogens is 12. The van der Waals surface area contributed by atoms with Crippen molar-refractivity contribution in [2.24, 2.45) is 0 Å². The fraction of sp³-hybridized carbons (Fsp3) is 0.143. The predicted molar refractivity (Wildman–Crippen MR) is 399 cm³/mol. The molecule has 6 atom stereocenters. The van der Waals surface area contributed by atoms with Crippen LogP contribution in [-0.2, 0) is 62.8 Å². The fourth-order valence-electron chi connectivity index (χ4n) is 10.3. The molecule has 2 aliphatic carbocycles. The first kappa shape index (κ1) is 84.9. The van der Waals surface area contributed by atoms with Crippen LogP contribution in [0.2, 0.25) is 0 Å². The van der Waals surface area contributed by atoms with Crippen molar-refractivity contribution in [3.63, 3.8) is 0 Å². The lowest BCUT2D eigenvalue weighted by molar-refractivity contribution is -0.162. The molecular weight excluding hydrogens is 1490 g/mol. The van der Waals surface area contributed by atoms with Gasteiger partial charge in [0.15, 0.2) is 59.5 Å². The van der Waals surface area contributed by atoms with E-state index in [1.54, 1.807) is 48.5 Å². The Bertz CT molecular complexity index is 4360. The molecule has 6 unspecified atom stereocenters. The Balaban J connectivity index is 0.000000180. The first-order chi connectivity index (χ1) is 51.1. The second-order valence-electron chi connectivity index (χ2n) is 23.7. The van der Waals surface area contributed by atoms with E-state index in [0.717, 1.165) is 14.7 Å². The fourth-order valence-corrected chi connectivity index (χ4v) is 20.0. The predicted octanol–water partition coefficient (Wildman–Crippen LogP) is 21.7. The Labute approximate surface area is 628 Å². The summed E-state index contributed by atoms with van der Waals surface area (Å²) in [6.07, 6.45) is 18.0. The number of benzene rings is 10. The van der Waals surface area contributed by atoms with Crippen LogP contribution in [0.3, 0.4) is 0 Å². The van der Waals surface area contributed by atoms with Crippen molar-refractivity contribution in [2.75, 3.05) is 0 Å². The van der Waals surface area contributed by atoms with E-state index in [9.17, 15) is 71.9 Å². The Morgan fingerprint density at radius 2 is 0.491 bits per heavy atom. The van der Waals surface area contributed by atoms with Crippen LogP contribution in [0, 0.1) is 23.3 Å². The topological polar surface area (TPSA) is 149 Å². The van der Waals surface area contributed by atoms with Crippen molar-refractivity contribution >= 4 is 67.5 Å². The maximum atomic E-state index is 13.2. The van der Waals surface area contributed by atoms with Crippen LogP contribution in [-0.4, -0.2) is 78.5 Å². The highest BCUT2D eigenvalue weighted by Gasteiger charge is 2.50. The van der Waals surface area contributed by atoms with Gasteiger partial charge >= 0.3 is 47.6 Å². The zero-order chi connectivity index (χ0) is 78.9. The zero-order valence-corrected chi connectivity index (χ0v) is 61.2. The van der Waals surface area contributed by atoms with Gasteiger partial charge in [0.25, 0.3) is 0 Å². The normalized spacial score (nSPS) is 16.6. The Kier molecular flexibility index (Phi) is 31.0. The minimum Gasteiger partial charge on any atom is -0.477 e. The van der Waals surface area contributed by atoms with E-state index in [-0.39, 0.29) is 56.0 Å².